The molecule has 0 aliphatic heterocycles. The van der Waals surface area contributed by atoms with Crippen LogP contribution in [0.3, 0.4) is 0 Å². The quantitative estimate of drug-likeness (QED) is 0.738. The SMILES string of the molecule is Fc1cccc(I)c1-n1cccn1. The van der Waals surface area contributed by atoms with Gasteiger partial charge in [0, 0.05) is 16.0 Å². The lowest BCUT2D eigenvalue weighted by atomic mass is 10.3. The van der Waals surface area contributed by atoms with Crippen LogP contribution in [0.1, 0.15) is 0 Å². The van der Waals surface area contributed by atoms with Crippen molar-refractivity contribution in [1.82, 2.24) is 9.78 Å². The van der Waals surface area contributed by atoms with Crippen molar-refractivity contribution in [3.8, 4) is 5.69 Å². The van der Waals surface area contributed by atoms with Crippen molar-refractivity contribution in [2.45, 2.75) is 0 Å². The van der Waals surface area contributed by atoms with Gasteiger partial charge in [-0.05, 0) is 40.8 Å². The van der Waals surface area contributed by atoms with Crippen molar-refractivity contribution in [1.29, 1.82) is 0 Å². The van der Waals surface area contributed by atoms with Crippen LogP contribution >= 0.6 is 22.6 Å². The van der Waals surface area contributed by atoms with Crippen molar-refractivity contribution in [3.05, 3.63) is 46.0 Å². The molecule has 13 heavy (non-hydrogen) atoms. The zero-order valence-electron chi connectivity index (χ0n) is 6.61. The van der Waals surface area contributed by atoms with E-state index in [-0.39, 0.29) is 5.82 Å². The normalized spacial score (nSPS) is 10.3. The number of halogens is 2. The lowest BCUT2D eigenvalue weighted by molar-refractivity contribution is 0.609. The zero-order valence-corrected chi connectivity index (χ0v) is 8.77. The molecule has 0 atom stereocenters. The maximum atomic E-state index is 13.3. The van der Waals surface area contributed by atoms with E-state index in [0.29, 0.717) is 5.69 Å². The zero-order chi connectivity index (χ0) is 9.26. The van der Waals surface area contributed by atoms with Crippen LogP contribution in [-0.2, 0) is 0 Å². The van der Waals surface area contributed by atoms with Crippen molar-refractivity contribution >= 4 is 22.6 Å². The number of rotatable bonds is 1. The van der Waals surface area contributed by atoms with Crippen LogP contribution in [0.25, 0.3) is 5.69 Å². The summed E-state index contributed by atoms with van der Waals surface area (Å²) in [5.74, 6) is -0.254. The van der Waals surface area contributed by atoms with Crippen LogP contribution in [0.2, 0.25) is 0 Å². The molecule has 0 aliphatic carbocycles. The average Bonchev–Trinajstić information content (AvgIpc) is 2.57. The monoisotopic (exact) mass is 288 g/mol. The number of hydrogen-bond acceptors (Lipinski definition) is 1. The van der Waals surface area contributed by atoms with E-state index in [1.54, 1.807) is 24.5 Å². The smallest absolute Gasteiger partial charge is 0.149 e. The Hall–Kier alpha value is -0.910. The highest BCUT2D eigenvalue weighted by Crippen LogP contribution is 2.19. The molecular formula is C9H6FIN2. The number of nitrogens with zero attached hydrogens (tertiary/aromatic N) is 2. The molecule has 0 aliphatic rings. The second-order valence-electron chi connectivity index (χ2n) is 2.52. The van der Waals surface area contributed by atoms with Gasteiger partial charge in [-0.25, -0.2) is 9.07 Å². The predicted octanol–water partition coefficient (Wildman–Crippen LogP) is 2.62. The molecule has 1 heterocycles. The van der Waals surface area contributed by atoms with Gasteiger partial charge in [-0.2, -0.15) is 5.10 Å². The number of benzene rings is 1. The van der Waals surface area contributed by atoms with E-state index in [1.165, 1.54) is 10.7 Å². The molecule has 4 heteroatoms. The number of aromatic nitrogens is 2. The molecule has 0 unspecified atom stereocenters. The molecule has 0 fully saturated rings. The Bertz CT molecular complexity index is 391. The highest BCUT2D eigenvalue weighted by atomic mass is 127. The lowest BCUT2D eigenvalue weighted by Crippen LogP contribution is -2.00. The van der Waals surface area contributed by atoms with E-state index in [4.69, 9.17) is 0 Å². The third-order valence-corrected chi connectivity index (χ3v) is 2.54. The Labute approximate surface area is 88.5 Å². The molecule has 0 saturated heterocycles. The molecule has 0 saturated carbocycles. The first kappa shape index (κ1) is 8.68. The van der Waals surface area contributed by atoms with E-state index in [2.05, 4.69) is 27.7 Å². The fraction of sp³-hybridized carbons (Fsp3) is 0. The van der Waals surface area contributed by atoms with Gasteiger partial charge in [-0.15, -0.1) is 0 Å². The van der Waals surface area contributed by atoms with E-state index >= 15 is 0 Å². The Kier molecular flexibility index (Phi) is 2.30. The first-order valence-electron chi connectivity index (χ1n) is 3.73. The summed E-state index contributed by atoms with van der Waals surface area (Å²) in [5, 5.41) is 3.98. The van der Waals surface area contributed by atoms with Gasteiger partial charge in [-0.3, -0.25) is 0 Å². The van der Waals surface area contributed by atoms with Crippen LogP contribution in [-0.4, -0.2) is 9.78 Å². The molecule has 0 amide bonds. The first-order valence-corrected chi connectivity index (χ1v) is 4.81. The molecule has 1 aromatic carbocycles. The van der Waals surface area contributed by atoms with Crippen LogP contribution in [0.4, 0.5) is 4.39 Å². The van der Waals surface area contributed by atoms with E-state index < -0.39 is 0 Å². The Morgan fingerprint density at radius 2 is 2.15 bits per heavy atom. The Morgan fingerprint density at radius 3 is 2.77 bits per heavy atom. The largest absolute Gasteiger partial charge is 0.237 e. The van der Waals surface area contributed by atoms with Crippen molar-refractivity contribution < 1.29 is 4.39 Å². The number of para-hydroxylation sites is 1. The topological polar surface area (TPSA) is 17.8 Å². The summed E-state index contributed by atoms with van der Waals surface area (Å²) in [5.41, 5.74) is 0.508. The second kappa shape index (κ2) is 3.45. The van der Waals surface area contributed by atoms with Gasteiger partial charge < -0.3 is 0 Å². The summed E-state index contributed by atoms with van der Waals surface area (Å²) in [6.45, 7) is 0. The molecule has 0 spiro atoms. The number of hydrogen-bond donors (Lipinski definition) is 0. The summed E-state index contributed by atoms with van der Waals surface area (Å²) in [6.07, 6.45) is 3.35. The molecule has 0 bridgehead atoms. The summed E-state index contributed by atoms with van der Waals surface area (Å²) < 4.78 is 15.7. The maximum absolute atomic E-state index is 13.3. The van der Waals surface area contributed by atoms with E-state index in [0.717, 1.165) is 3.57 Å². The van der Waals surface area contributed by atoms with Crippen LogP contribution in [0, 0.1) is 9.39 Å². The molecule has 2 nitrogen and oxygen atoms in total. The van der Waals surface area contributed by atoms with E-state index in [1.807, 2.05) is 6.07 Å². The standard InChI is InChI=1S/C9H6FIN2/c10-7-3-1-4-8(11)9(7)13-6-2-5-12-13/h1-6H. The molecule has 0 N–H and O–H groups in total. The van der Waals surface area contributed by atoms with Crippen molar-refractivity contribution in [2.75, 3.05) is 0 Å². The molecule has 0 radical (unpaired) electrons. The van der Waals surface area contributed by atoms with Gasteiger partial charge in [-0.1, -0.05) is 6.07 Å². The van der Waals surface area contributed by atoms with Gasteiger partial charge in [0.25, 0.3) is 0 Å². The van der Waals surface area contributed by atoms with Crippen molar-refractivity contribution in [2.24, 2.45) is 0 Å². The summed E-state index contributed by atoms with van der Waals surface area (Å²) in [7, 11) is 0. The molecule has 2 rings (SSSR count). The molecule has 1 aromatic heterocycles. The van der Waals surface area contributed by atoms with Gasteiger partial charge in [0.1, 0.15) is 11.5 Å². The van der Waals surface area contributed by atoms with Crippen LogP contribution in [0.5, 0.6) is 0 Å². The van der Waals surface area contributed by atoms with Gasteiger partial charge >= 0.3 is 0 Å². The maximum Gasteiger partial charge on any atom is 0.149 e. The minimum Gasteiger partial charge on any atom is -0.237 e. The summed E-state index contributed by atoms with van der Waals surface area (Å²) in [4.78, 5) is 0. The third-order valence-electron chi connectivity index (χ3n) is 1.67. The molecule has 66 valence electrons. The lowest BCUT2D eigenvalue weighted by Gasteiger charge is -2.04. The summed E-state index contributed by atoms with van der Waals surface area (Å²) >= 11 is 2.09. The fourth-order valence-electron chi connectivity index (χ4n) is 1.11. The molecule has 2 aromatic rings. The predicted molar refractivity (Wildman–Crippen MR) is 56.2 cm³/mol. The highest BCUT2D eigenvalue weighted by Gasteiger charge is 2.07. The fourth-order valence-corrected chi connectivity index (χ4v) is 1.82. The molecular weight excluding hydrogens is 282 g/mol. The first-order chi connectivity index (χ1) is 6.29. The van der Waals surface area contributed by atoms with Gasteiger partial charge in [0.15, 0.2) is 0 Å². The van der Waals surface area contributed by atoms with Crippen LogP contribution in [0.15, 0.2) is 36.7 Å². The Morgan fingerprint density at radius 1 is 1.31 bits per heavy atom. The summed E-state index contributed by atoms with van der Waals surface area (Å²) in [6, 6.07) is 6.73. The van der Waals surface area contributed by atoms with Gasteiger partial charge in [0.2, 0.25) is 0 Å². The van der Waals surface area contributed by atoms with Gasteiger partial charge in [0.05, 0.1) is 0 Å². The minimum atomic E-state index is -0.254. The minimum absolute atomic E-state index is 0.254. The van der Waals surface area contributed by atoms with Crippen LogP contribution < -0.4 is 0 Å². The highest BCUT2D eigenvalue weighted by molar-refractivity contribution is 14.1. The van der Waals surface area contributed by atoms with E-state index in [9.17, 15) is 4.39 Å². The Balaban J connectivity index is 2.64. The van der Waals surface area contributed by atoms with Crippen molar-refractivity contribution in [3.63, 3.8) is 0 Å². The second-order valence-corrected chi connectivity index (χ2v) is 3.68. The average molecular weight is 288 g/mol. The third kappa shape index (κ3) is 1.58.